The first-order valence-electron chi connectivity index (χ1n) is 5.04. The van der Waals surface area contributed by atoms with Crippen LogP contribution in [0.3, 0.4) is 0 Å². The molecule has 0 nitrogen and oxygen atoms in total. The van der Waals surface area contributed by atoms with E-state index < -0.39 is 0 Å². The van der Waals surface area contributed by atoms with Crippen molar-refractivity contribution in [3.63, 3.8) is 0 Å². The minimum atomic E-state index is 1.18. The molecule has 0 aromatic heterocycles. The molecule has 0 aromatic rings. The van der Waals surface area contributed by atoms with Crippen molar-refractivity contribution in [3.05, 3.63) is 24.3 Å². The Kier molecular flexibility index (Phi) is 8.20. The highest BCUT2D eigenvalue weighted by Crippen LogP contribution is 2.10. The lowest BCUT2D eigenvalue weighted by Crippen LogP contribution is -1.80. The summed E-state index contributed by atoms with van der Waals surface area (Å²) >= 11 is 0. The lowest BCUT2D eigenvalue weighted by atomic mass is 10.1. The Morgan fingerprint density at radius 1 is 1.17 bits per heavy atom. The smallest absolute Gasteiger partial charge is 0.0323 e. The summed E-state index contributed by atoms with van der Waals surface area (Å²) in [5, 5.41) is 0. The molecule has 0 radical (unpaired) electrons. The fourth-order valence-corrected chi connectivity index (χ4v) is 1.19. The van der Waals surface area contributed by atoms with Crippen LogP contribution in [0.5, 0.6) is 0 Å². The topological polar surface area (TPSA) is 0 Å². The van der Waals surface area contributed by atoms with Crippen LogP contribution < -0.4 is 0 Å². The molecule has 0 aromatic carbocycles. The summed E-state index contributed by atoms with van der Waals surface area (Å²) in [6.45, 7) is 8.04. The van der Waals surface area contributed by atoms with E-state index in [4.69, 9.17) is 0 Å². The molecule has 0 aliphatic rings. The van der Waals surface area contributed by atoms with Crippen molar-refractivity contribution in [3.8, 4) is 0 Å². The van der Waals surface area contributed by atoms with Crippen molar-refractivity contribution in [1.82, 2.24) is 0 Å². The molecule has 0 fully saturated rings. The van der Waals surface area contributed by atoms with Crippen LogP contribution in [0, 0.1) is 0 Å². The normalized spacial score (nSPS) is 11.7. The molecule has 12 heavy (non-hydrogen) atoms. The number of allylic oxidation sites excluding steroid dienone is 3. The number of rotatable bonds is 7. The van der Waals surface area contributed by atoms with E-state index in [0.717, 1.165) is 0 Å². The first-order valence-corrected chi connectivity index (χ1v) is 5.04. The van der Waals surface area contributed by atoms with Gasteiger partial charge in [0.1, 0.15) is 0 Å². The van der Waals surface area contributed by atoms with Gasteiger partial charge in [0.05, 0.1) is 0 Å². The summed E-state index contributed by atoms with van der Waals surface area (Å²) < 4.78 is 0. The van der Waals surface area contributed by atoms with Gasteiger partial charge in [-0.1, -0.05) is 30.6 Å². The van der Waals surface area contributed by atoms with E-state index in [1.54, 1.807) is 0 Å². The summed E-state index contributed by atoms with van der Waals surface area (Å²) in [5.74, 6) is 0. The molecule has 0 unspecified atom stereocenters. The van der Waals surface area contributed by atoms with Crippen molar-refractivity contribution < 1.29 is 0 Å². The largest absolute Gasteiger partial charge is 0.103 e. The quantitative estimate of drug-likeness (QED) is 0.386. The molecule has 70 valence electrons. The zero-order valence-electron chi connectivity index (χ0n) is 8.60. The third-order valence-corrected chi connectivity index (χ3v) is 2.22. The molecule has 0 heteroatoms. The minimum absolute atomic E-state index is 1.18. The standard InChI is InChI=1S/C12H22/c1-4-6-7-8-9-10-11-12(3)5-2/h4-5H,1,6-11H2,2-3H3/b12-5+. The van der Waals surface area contributed by atoms with Crippen molar-refractivity contribution in [2.45, 2.75) is 52.4 Å². The molecule has 0 saturated carbocycles. The van der Waals surface area contributed by atoms with Gasteiger partial charge in [0.2, 0.25) is 0 Å². The highest BCUT2D eigenvalue weighted by atomic mass is 14.0. The van der Waals surface area contributed by atoms with Crippen LogP contribution >= 0.6 is 0 Å². The average molecular weight is 166 g/mol. The lowest BCUT2D eigenvalue weighted by Gasteiger charge is -2.00. The second-order valence-electron chi connectivity index (χ2n) is 3.38. The molecular formula is C12H22. The second-order valence-corrected chi connectivity index (χ2v) is 3.38. The van der Waals surface area contributed by atoms with Gasteiger partial charge in [0.15, 0.2) is 0 Å². The van der Waals surface area contributed by atoms with Gasteiger partial charge in [-0.05, 0) is 39.5 Å². The Balaban J connectivity index is 3.05. The summed E-state index contributed by atoms with van der Waals surface area (Å²) in [5.41, 5.74) is 1.53. The number of unbranched alkanes of at least 4 members (excludes halogenated alkanes) is 4. The second kappa shape index (κ2) is 8.58. The Bertz CT molecular complexity index is 131. The van der Waals surface area contributed by atoms with Gasteiger partial charge < -0.3 is 0 Å². The zero-order chi connectivity index (χ0) is 9.23. The first kappa shape index (κ1) is 11.5. The Labute approximate surface area is 77.4 Å². The molecule has 0 atom stereocenters. The van der Waals surface area contributed by atoms with Crippen LogP contribution in [0.25, 0.3) is 0 Å². The molecule has 0 amide bonds. The Morgan fingerprint density at radius 2 is 1.83 bits per heavy atom. The number of hydrogen-bond acceptors (Lipinski definition) is 0. The van der Waals surface area contributed by atoms with E-state index in [9.17, 15) is 0 Å². The van der Waals surface area contributed by atoms with Crippen LogP contribution in [0.4, 0.5) is 0 Å². The number of hydrogen-bond donors (Lipinski definition) is 0. The molecule has 0 heterocycles. The van der Waals surface area contributed by atoms with Crippen molar-refractivity contribution in [1.29, 1.82) is 0 Å². The minimum Gasteiger partial charge on any atom is -0.103 e. The monoisotopic (exact) mass is 166 g/mol. The fourth-order valence-electron chi connectivity index (χ4n) is 1.19. The molecule has 0 N–H and O–H groups in total. The highest BCUT2D eigenvalue weighted by molar-refractivity contribution is 4.94. The SMILES string of the molecule is C=CCCCCCC/C(C)=C/C. The molecule has 0 saturated heterocycles. The predicted molar refractivity (Wildman–Crippen MR) is 57.3 cm³/mol. The Hall–Kier alpha value is -0.520. The van der Waals surface area contributed by atoms with Crippen LogP contribution in [-0.2, 0) is 0 Å². The van der Waals surface area contributed by atoms with E-state index in [0.29, 0.717) is 0 Å². The van der Waals surface area contributed by atoms with Gasteiger partial charge in [-0.3, -0.25) is 0 Å². The molecule has 0 rings (SSSR count). The first-order chi connectivity index (χ1) is 5.81. The summed E-state index contributed by atoms with van der Waals surface area (Å²) in [7, 11) is 0. The van der Waals surface area contributed by atoms with Crippen molar-refractivity contribution >= 4 is 0 Å². The maximum atomic E-state index is 3.71. The van der Waals surface area contributed by atoms with E-state index >= 15 is 0 Å². The Morgan fingerprint density at radius 3 is 2.42 bits per heavy atom. The van der Waals surface area contributed by atoms with Crippen LogP contribution in [-0.4, -0.2) is 0 Å². The molecular weight excluding hydrogens is 144 g/mol. The molecule has 0 aliphatic carbocycles. The third kappa shape index (κ3) is 7.59. The van der Waals surface area contributed by atoms with Gasteiger partial charge >= 0.3 is 0 Å². The van der Waals surface area contributed by atoms with Gasteiger partial charge in [-0.25, -0.2) is 0 Å². The van der Waals surface area contributed by atoms with Gasteiger partial charge in [-0.2, -0.15) is 0 Å². The van der Waals surface area contributed by atoms with Crippen molar-refractivity contribution in [2.75, 3.05) is 0 Å². The molecule has 0 aliphatic heterocycles. The summed E-state index contributed by atoms with van der Waals surface area (Å²) in [4.78, 5) is 0. The average Bonchev–Trinajstić information content (AvgIpc) is 2.10. The van der Waals surface area contributed by atoms with Crippen LogP contribution in [0.2, 0.25) is 0 Å². The van der Waals surface area contributed by atoms with Crippen molar-refractivity contribution in [2.24, 2.45) is 0 Å². The maximum Gasteiger partial charge on any atom is -0.0323 e. The molecule has 0 bridgehead atoms. The van der Waals surface area contributed by atoms with Gasteiger partial charge in [0, 0.05) is 0 Å². The van der Waals surface area contributed by atoms with Gasteiger partial charge in [-0.15, -0.1) is 6.58 Å². The van der Waals surface area contributed by atoms with E-state index in [1.807, 2.05) is 6.08 Å². The maximum absolute atomic E-state index is 3.71. The lowest BCUT2D eigenvalue weighted by molar-refractivity contribution is 0.644. The third-order valence-electron chi connectivity index (χ3n) is 2.22. The van der Waals surface area contributed by atoms with E-state index in [-0.39, 0.29) is 0 Å². The van der Waals surface area contributed by atoms with E-state index in [2.05, 4.69) is 26.5 Å². The summed E-state index contributed by atoms with van der Waals surface area (Å²) in [6.07, 6.45) is 12.1. The predicted octanol–water partition coefficient (Wildman–Crippen LogP) is 4.48. The zero-order valence-corrected chi connectivity index (χ0v) is 8.60. The molecule has 0 spiro atoms. The van der Waals surface area contributed by atoms with Crippen LogP contribution in [0.1, 0.15) is 52.4 Å². The van der Waals surface area contributed by atoms with Crippen LogP contribution in [0.15, 0.2) is 24.3 Å². The van der Waals surface area contributed by atoms with E-state index in [1.165, 1.54) is 44.1 Å². The van der Waals surface area contributed by atoms with Gasteiger partial charge in [0.25, 0.3) is 0 Å². The highest BCUT2D eigenvalue weighted by Gasteiger charge is 1.90. The summed E-state index contributed by atoms with van der Waals surface area (Å²) in [6, 6.07) is 0. The fraction of sp³-hybridized carbons (Fsp3) is 0.667.